The van der Waals surface area contributed by atoms with Crippen molar-refractivity contribution in [3.05, 3.63) is 65.7 Å². The fraction of sp³-hybridized carbons (Fsp3) is 0.238. The third-order valence-electron chi connectivity index (χ3n) is 3.83. The molecule has 0 bridgehead atoms. The Hall–Kier alpha value is -3.28. The van der Waals surface area contributed by atoms with Crippen LogP contribution in [0.5, 0.6) is 11.5 Å². The molecular weight excluding hydrogens is 346 g/mol. The average Bonchev–Trinajstić information content (AvgIpc) is 2.69. The van der Waals surface area contributed by atoms with Gasteiger partial charge in [-0.15, -0.1) is 0 Å². The van der Waals surface area contributed by atoms with E-state index >= 15 is 0 Å². The molecule has 0 aliphatic carbocycles. The second-order valence-corrected chi connectivity index (χ2v) is 5.88. The van der Waals surface area contributed by atoms with Crippen molar-refractivity contribution in [1.29, 1.82) is 0 Å². The Labute approximate surface area is 159 Å². The van der Waals surface area contributed by atoms with Gasteiger partial charge in [-0.25, -0.2) is 4.79 Å². The summed E-state index contributed by atoms with van der Waals surface area (Å²) in [5, 5.41) is 0. The molecule has 2 aromatic carbocycles. The molecule has 1 atom stereocenters. The lowest BCUT2D eigenvalue weighted by molar-refractivity contribution is -0.155. The number of methoxy groups -OCH3 is 2. The molecule has 0 spiro atoms. The Morgan fingerprint density at radius 3 is 2.26 bits per heavy atom. The highest BCUT2D eigenvalue weighted by Crippen LogP contribution is 2.31. The highest BCUT2D eigenvalue weighted by atomic mass is 16.5. The summed E-state index contributed by atoms with van der Waals surface area (Å²) in [7, 11) is 6.29. The molecule has 6 heteroatoms. The predicted octanol–water partition coefficient (Wildman–Crippen LogP) is 3.09. The minimum atomic E-state index is -1.01. The first-order valence-electron chi connectivity index (χ1n) is 8.33. The minimum Gasteiger partial charge on any atom is -0.493 e. The molecule has 2 aromatic rings. The zero-order valence-corrected chi connectivity index (χ0v) is 15.8. The molecule has 0 radical (unpaired) electrons. The van der Waals surface area contributed by atoms with Crippen LogP contribution in [-0.2, 0) is 14.3 Å². The van der Waals surface area contributed by atoms with E-state index in [9.17, 15) is 9.59 Å². The quantitative estimate of drug-likeness (QED) is 0.554. The van der Waals surface area contributed by atoms with E-state index in [2.05, 4.69) is 0 Å². The first kappa shape index (κ1) is 20.0. The van der Waals surface area contributed by atoms with Crippen molar-refractivity contribution < 1.29 is 23.8 Å². The van der Waals surface area contributed by atoms with E-state index in [0.717, 1.165) is 0 Å². The number of nitrogens with zero attached hydrogens (tertiary/aromatic N) is 1. The van der Waals surface area contributed by atoms with Crippen LogP contribution in [0.3, 0.4) is 0 Å². The van der Waals surface area contributed by atoms with Gasteiger partial charge in [0.1, 0.15) is 0 Å². The predicted molar refractivity (Wildman–Crippen MR) is 103 cm³/mol. The number of esters is 1. The molecule has 1 amide bonds. The van der Waals surface area contributed by atoms with Crippen LogP contribution in [0.4, 0.5) is 0 Å². The highest BCUT2D eigenvalue weighted by Gasteiger charge is 2.25. The molecule has 142 valence electrons. The zero-order valence-electron chi connectivity index (χ0n) is 15.8. The molecule has 0 aliphatic rings. The van der Waals surface area contributed by atoms with Gasteiger partial charge in [-0.1, -0.05) is 42.5 Å². The maximum absolute atomic E-state index is 12.4. The van der Waals surface area contributed by atoms with E-state index in [4.69, 9.17) is 14.2 Å². The second-order valence-electron chi connectivity index (χ2n) is 5.88. The van der Waals surface area contributed by atoms with Crippen LogP contribution >= 0.6 is 0 Å². The molecule has 0 saturated heterocycles. The molecule has 0 heterocycles. The largest absolute Gasteiger partial charge is 0.493 e. The molecule has 2 rings (SSSR count). The summed E-state index contributed by atoms with van der Waals surface area (Å²) < 4.78 is 16.0. The molecule has 0 N–H and O–H groups in total. The molecule has 27 heavy (non-hydrogen) atoms. The molecule has 0 fully saturated rings. The summed E-state index contributed by atoms with van der Waals surface area (Å²) in [5.74, 6) is 0.108. The smallest absolute Gasteiger partial charge is 0.331 e. The van der Waals surface area contributed by atoms with Gasteiger partial charge in [0.05, 0.1) is 14.2 Å². The molecule has 0 aliphatic heterocycles. The molecular formula is C21H23NO5. The number of likely N-dealkylation sites (N-methyl/N-ethyl adjacent to an activating group) is 1. The lowest BCUT2D eigenvalue weighted by Gasteiger charge is -2.20. The lowest BCUT2D eigenvalue weighted by Crippen LogP contribution is -2.30. The van der Waals surface area contributed by atoms with Gasteiger partial charge in [0.15, 0.2) is 11.5 Å². The van der Waals surface area contributed by atoms with Gasteiger partial charge >= 0.3 is 5.97 Å². The standard InChI is InChI=1S/C21H23NO5/c1-22(2)21(24)20(15-9-6-5-7-10-15)27-18(23)14-13-16-11-8-12-17(25-3)19(16)26-4/h5-14,20H,1-4H3/b14-13+/t20-/m0/s1. The van der Waals surface area contributed by atoms with Crippen molar-refractivity contribution in [2.24, 2.45) is 0 Å². The summed E-state index contributed by atoms with van der Waals surface area (Å²) in [5.41, 5.74) is 1.26. The van der Waals surface area contributed by atoms with Crippen molar-refractivity contribution in [3.63, 3.8) is 0 Å². The number of carbonyl (C=O) groups excluding carboxylic acids is 2. The summed E-state index contributed by atoms with van der Waals surface area (Å²) >= 11 is 0. The van der Waals surface area contributed by atoms with E-state index < -0.39 is 12.1 Å². The highest BCUT2D eigenvalue weighted by molar-refractivity contribution is 5.91. The van der Waals surface area contributed by atoms with Gasteiger partial charge in [-0.3, -0.25) is 4.79 Å². The van der Waals surface area contributed by atoms with Crippen LogP contribution in [0.15, 0.2) is 54.6 Å². The third kappa shape index (κ3) is 5.10. The number of carbonyl (C=O) groups is 2. The van der Waals surface area contributed by atoms with Crippen molar-refractivity contribution in [1.82, 2.24) is 4.90 Å². The van der Waals surface area contributed by atoms with Crippen LogP contribution in [-0.4, -0.2) is 45.1 Å². The fourth-order valence-electron chi connectivity index (χ4n) is 2.48. The molecule has 6 nitrogen and oxygen atoms in total. The van der Waals surface area contributed by atoms with Crippen molar-refractivity contribution >= 4 is 18.0 Å². The van der Waals surface area contributed by atoms with Crippen LogP contribution in [0, 0.1) is 0 Å². The van der Waals surface area contributed by atoms with Crippen LogP contribution in [0.2, 0.25) is 0 Å². The van der Waals surface area contributed by atoms with E-state index in [1.54, 1.807) is 62.6 Å². The number of rotatable bonds is 7. The fourth-order valence-corrected chi connectivity index (χ4v) is 2.48. The topological polar surface area (TPSA) is 65.1 Å². The van der Waals surface area contributed by atoms with E-state index in [-0.39, 0.29) is 5.91 Å². The van der Waals surface area contributed by atoms with Gasteiger partial charge in [-0.2, -0.15) is 0 Å². The SMILES string of the molecule is COc1cccc(/C=C/C(=O)O[C@H](C(=O)N(C)C)c2ccccc2)c1OC. The molecule has 0 aromatic heterocycles. The Bertz CT molecular complexity index is 815. The second kappa shape index (κ2) is 9.43. The zero-order chi connectivity index (χ0) is 19.8. The Morgan fingerprint density at radius 2 is 1.67 bits per heavy atom. The van der Waals surface area contributed by atoms with Crippen LogP contribution < -0.4 is 9.47 Å². The number of ether oxygens (including phenoxy) is 3. The van der Waals surface area contributed by atoms with Gasteiger partial charge < -0.3 is 19.1 Å². The first-order chi connectivity index (χ1) is 13.0. The monoisotopic (exact) mass is 369 g/mol. The minimum absolute atomic E-state index is 0.318. The van der Waals surface area contributed by atoms with Gasteiger partial charge in [0, 0.05) is 31.3 Å². The van der Waals surface area contributed by atoms with Crippen molar-refractivity contribution in [3.8, 4) is 11.5 Å². The van der Waals surface area contributed by atoms with E-state index in [0.29, 0.717) is 22.6 Å². The maximum Gasteiger partial charge on any atom is 0.331 e. The molecule has 0 saturated carbocycles. The normalized spacial score (nSPS) is 11.7. The number of amides is 1. The van der Waals surface area contributed by atoms with Crippen LogP contribution in [0.1, 0.15) is 17.2 Å². The van der Waals surface area contributed by atoms with Crippen molar-refractivity contribution in [2.75, 3.05) is 28.3 Å². The van der Waals surface area contributed by atoms with E-state index in [1.165, 1.54) is 25.2 Å². The summed E-state index contributed by atoms with van der Waals surface area (Å²) in [4.78, 5) is 26.1. The van der Waals surface area contributed by atoms with Gasteiger partial charge in [-0.05, 0) is 12.1 Å². The number of hydrogen-bond donors (Lipinski definition) is 0. The Balaban J connectivity index is 2.21. The Morgan fingerprint density at radius 1 is 0.963 bits per heavy atom. The van der Waals surface area contributed by atoms with Gasteiger partial charge in [0.25, 0.3) is 5.91 Å². The first-order valence-corrected chi connectivity index (χ1v) is 8.33. The number of hydrogen-bond acceptors (Lipinski definition) is 5. The van der Waals surface area contributed by atoms with E-state index in [1.807, 2.05) is 6.07 Å². The lowest BCUT2D eigenvalue weighted by atomic mass is 10.1. The molecule has 0 unspecified atom stereocenters. The van der Waals surface area contributed by atoms with Crippen molar-refractivity contribution in [2.45, 2.75) is 6.10 Å². The number of benzene rings is 2. The average molecular weight is 369 g/mol. The summed E-state index contributed by atoms with van der Waals surface area (Å²) in [6, 6.07) is 14.2. The van der Waals surface area contributed by atoms with Gasteiger partial charge in [0.2, 0.25) is 6.10 Å². The summed E-state index contributed by atoms with van der Waals surface area (Å²) in [6.07, 6.45) is 1.81. The number of para-hydroxylation sites is 1. The Kier molecular flexibility index (Phi) is 7.00. The third-order valence-corrected chi connectivity index (χ3v) is 3.83. The van der Waals surface area contributed by atoms with Crippen LogP contribution in [0.25, 0.3) is 6.08 Å². The maximum atomic E-state index is 12.4. The summed E-state index contributed by atoms with van der Waals surface area (Å²) in [6.45, 7) is 0.